The minimum atomic E-state index is -0.187. The number of nitrogens with zero attached hydrogens (tertiary/aromatic N) is 1. The Morgan fingerprint density at radius 2 is 2.18 bits per heavy atom. The number of morpholine rings is 1. The van der Waals surface area contributed by atoms with E-state index in [1.54, 1.807) is 0 Å². The summed E-state index contributed by atoms with van der Waals surface area (Å²) in [6, 6.07) is -0.187. The number of ether oxygens (including phenoxy) is 2. The number of hydrogen-bond donors (Lipinski definition) is 2. The lowest BCUT2D eigenvalue weighted by Crippen LogP contribution is -2.53. The van der Waals surface area contributed by atoms with E-state index in [-0.39, 0.29) is 12.0 Å². The average Bonchev–Trinajstić information content (AvgIpc) is 2.41. The standard InChI is InChI=1S/C11H21N3O3/c15-11(10-9-12-1-2-13-10)17-8-5-14-3-6-16-7-4-14/h10,12-13H,1-9H2. The molecular weight excluding hydrogens is 222 g/mol. The minimum absolute atomic E-state index is 0.148. The molecule has 0 spiro atoms. The lowest BCUT2D eigenvalue weighted by Gasteiger charge is -2.27. The van der Waals surface area contributed by atoms with Gasteiger partial charge < -0.3 is 20.1 Å². The van der Waals surface area contributed by atoms with Crippen molar-refractivity contribution >= 4 is 5.97 Å². The van der Waals surface area contributed by atoms with E-state index < -0.39 is 0 Å². The Morgan fingerprint density at radius 1 is 1.35 bits per heavy atom. The Balaban J connectivity index is 1.58. The SMILES string of the molecule is O=C(OCCN1CCOCC1)C1CNCCN1. The Labute approximate surface area is 102 Å². The lowest BCUT2D eigenvalue weighted by atomic mass is 10.2. The highest BCUT2D eigenvalue weighted by atomic mass is 16.5. The van der Waals surface area contributed by atoms with Crippen molar-refractivity contribution in [3.05, 3.63) is 0 Å². The van der Waals surface area contributed by atoms with Gasteiger partial charge in [0.1, 0.15) is 12.6 Å². The van der Waals surface area contributed by atoms with Crippen LogP contribution in [0, 0.1) is 0 Å². The van der Waals surface area contributed by atoms with Crippen LogP contribution in [-0.2, 0) is 14.3 Å². The Kier molecular flexibility index (Phi) is 5.18. The van der Waals surface area contributed by atoms with E-state index in [1.807, 2.05) is 0 Å². The van der Waals surface area contributed by atoms with Gasteiger partial charge in [0.25, 0.3) is 0 Å². The summed E-state index contributed by atoms with van der Waals surface area (Å²) in [6.45, 7) is 7.09. The summed E-state index contributed by atoms with van der Waals surface area (Å²) >= 11 is 0. The van der Waals surface area contributed by atoms with Gasteiger partial charge in [-0.2, -0.15) is 0 Å². The first-order valence-corrected chi connectivity index (χ1v) is 6.27. The highest BCUT2D eigenvalue weighted by Gasteiger charge is 2.21. The maximum Gasteiger partial charge on any atom is 0.324 e. The summed E-state index contributed by atoms with van der Waals surface area (Å²) in [5.74, 6) is -0.148. The molecule has 6 heteroatoms. The normalized spacial score (nSPS) is 26.7. The van der Waals surface area contributed by atoms with Crippen LogP contribution < -0.4 is 10.6 Å². The van der Waals surface area contributed by atoms with Gasteiger partial charge in [0.15, 0.2) is 0 Å². The summed E-state index contributed by atoms with van der Waals surface area (Å²) in [4.78, 5) is 13.9. The molecule has 1 unspecified atom stereocenters. The van der Waals surface area contributed by atoms with Crippen molar-refractivity contribution < 1.29 is 14.3 Å². The zero-order chi connectivity index (χ0) is 11.9. The molecule has 0 radical (unpaired) electrons. The third-order valence-corrected chi connectivity index (χ3v) is 3.08. The van der Waals surface area contributed by atoms with Gasteiger partial charge in [-0.3, -0.25) is 9.69 Å². The van der Waals surface area contributed by atoms with Crippen LogP contribution in [0.3, 0.4) is 0 Å². The zero-order valence-corrected chi connectivity index (χ0v) is 10.1. The highest BCUT2D eigenvalue weighted by molar-refractivity contribution is 5.76. The van der Waals surface area contributed by atoms with Crippen LogP contribution in [0.1, 0.15) is 0 Å². The monoisotopic (exact) mass is 243 g/mol. The molecule has 2 aliphatic heterocycles. The molecule has 2 heterocycles. The summed E-state index contributed by atoms with van der Waals surface area (Å²) in [5, 5.41) is 6.30. The van der Waals surface area contributed by atoms with E-state index in [4.69, 9.17) is 9.47 Å². The lowest BCUT2D eigenvalue weighted by molar-refractivity contribution is -0.147. The molecule has 2 fully saturated rings. The summed E-state index contributed by atoms with van der Waals surface area (Å²) < 4.78 is 10.5. The minimum Gasteiger partial charge on any atom is -0.463 e. The van der Waals surface area contributed by atoms with Crippen molar-refractivity contribution in [2.45, 2.75) is 6.04 Å². The quantitative estimate of drug-likeness (QED) is 0.581. The van der Waals surface area contributed by atoms with Gasteiger partial charge in [0.05, 0.1) is 13.2 Å². The van der Waals surface area contributed by atoms with E-state index in [1.165, 1.54) is 0 Å². The van der Waals surface area contributed by atoms with Gasteiger partial charge in [-0.15, -0.1) is 0 Å². The fourth-order valence-corrected chi connectivity index (χ4v) is 2.02. The van der Waals surface area contributed by atoms with Crippen LogP contribution in [0.2, 0.25) is 0 Å². The second-order valence-corrected chi connectivity index (χ2v) is 4.33. The van der Waals surface area contributed by atoms with Crippen LogP contribution in [0.5, 0.6) is 0 Å². The largest absolute Gasteiger partial charge is 0.463 e. The van der Waals surface area contributed by atoms with Gasteiger partial charge in [-0.25, -0.2) is 0 Å². The molecule has 0 aromatic heterocycles. The van der Waals surface area contributed by atoms with Crippen molar-refractivity contribution in [1.29, 1.82) is 0 Å². The van der Waals surface area contributed by atoms with Gasteiger partial charge in [-0.1, -0.05) is 0 Å². The first-order valence-electron chi connectivity index (χ1n) is 6.27. The molecule has 98 valence electrons. The van der Waals surface area contributed by atoms with Crippen molar-refractivity contribution in [2.75, 3.05) is 59.1 Å². The van der Waals surface area contributed by atoms with Gasteiger partial charge in [0, 0.05) is 39.3 Å². The molecular formula is C11H21N3O3. The van der Waals surface area contributed by atoms with Crippen LogP contribution in [0.25, 0.3) is 0 Å². The third kappa shape index (κ3) is 4.23. The summed E-state index contributed by atoms with van der Waals surface area (Å²) in [6.07, 6.45) is 0. The summed E-state index contributed by atoms with van der Waals surface area (Å²) in [7, 11) is 0. The number of hydrogen-bond acceptors (Lipinski definition) is 6. The molecule has 1 atom stereocenters. The van der Waals surface area contributed by atoms with Gasteiger partial charge in [-0.05, 0) is 0 Å². The molecule has 2 aliphatic rings. The number of esters is 1. The van der Waals surface area contributed by atoms with Crippen LogP contribution in [0.4, 0.5) is 0 Å². The molecule has 0 aliphatic carbocycles. The van der Waals surface area contributed by atoms with Crippen LogP contribution >= 0.6 is 0 Å². The molecule has 2 rings (SSSR count). The van der Waals surface area contributed by atoms with Crippen molar-refractivity contribution in [2.24, 2.45) is 0 Å². The number of carbonyl (C=O) groups excluding carboxylic acids is 1. The predicted octanol–water partition coefficient (Wildman–Crippen LogP) is -1.58. The molecule has 2 N–H and O–H groups in total. The first-order chi connectivity index (χ1) is 8.36. The molecule has 6 nitrogen and oxygen atoms in total. The van der Waals surface area contributed by atoms with Crippen LogP contribution in [-0.4, -0.2) is 76.0 Å². The fourth-order valence-electron chi connectivity index (χ4n) is 2.02. The maximum absolute atomic E-state index is 11.7. The fraction of sp³-hybridized carbons (Fsp3) is 0.909. The topological polar surface area (TPSA) is 62.8 Å². The number of rotatable bonds is 4. The molecule has 0 amide bonds. The van der Waals surface area contributed by atoms with Gasteiger partial charge in [0.2, 0.25) is 0 Å². The predicted molar refractivity (Wildman–Crippen MR) is 62.9 cm³/mol. The maximum atomic E-state index is 11.7. The average molecular weight is 243 g/mol. The second-order valence-electron chi connectivity index (χ2n) is 4.33. The molecule has 2 saturated heterocycles. The molecule has 0 aromatic carbocycles. The van der Waals surface area contributed by atoms with Crippen molar-refractivity contribution in [3.8, 4) is 0 Å². The molecule has 0 bridgehead atoms. The zero-order valence-electron chi connectivity index (χ0n) is 10.1. The Bertz CT molecular complexity index is 238. The highest BCUT2D eigenvalue weighted by Crippen LogP contribution is 1.97. The molecule has 0 saturated carbocycles. The van der Waals surface area contributed by atoms with Crippen molar-refractivity contribution in [3.63, 3.8) is 0 Å². The Hall–Kier alpha value is -0.690. The van der Waals surface area contributed by atoms with Crippen LogP contribution in [0.15, 0.2) is 0 Å². The number of carbonyl (C=O) groups is 1. The number of piperazine rings is 1. The van der Waals surface area contributed by atoms with E-state index in [9.17, 15) is 4.79 Å². The summed E-state index contributed by atoms with van der Waals surface area (Å²) in [5.41, 5.74) is 0. The van der Waals surface area contributed by atoms with E-state index >= 15 is 0 Å². The van der Waals surface area contributed by atoms with E-state index in [0.717, 1.165) is 45.9 Å². The first kappa shape index (κ1) is 12.8. The third-order valence-electron chi connectivity index (χ3n) is 3.08. The molecule has 17 heavy (non-hydrogen) atoms. The van der Waals surface area contributed by atoms with E-state index in [0.29, 0.717) is 13.2 Å². The van der Waals surface area contributed by atoms with E-state index in [2.05, 4.69) is 15.5 Å². The smallest absolute Gasteiger partial charge is 0.324 e. The van der Waals surface area contributed by atoms with Gasteiger partial charge >= 0.3 is 5.97 Å². The van der Waals surface area contributed by atoms with Crippen molar-refractivity contribution in [1.82, 2.24) is 15.5 Å². The molecule has 0 aromatic rings. The second kappa shape index (κ2) is 6.90. The Morgan fingerprint density at radius 3 is 2.88 bits per heavy atom. The number of nitrogens with one attached hydrogen (secondary N) is 2.